The molecule has 0 amide bonds. The molecule has 0 aromatic carbocycles. The van der Waals surface area contributed by atoms with Gasteiger partial charge in [0.05, 0.1) is 35.5 Å². The van der Waals surface area contributed by atoms with Crippen molar-refractivity contribution >= 4 is 17.6 Å². The minimum atomic E-state index is -3.14. The maximum atomic E-state index is 13.2. The molecule has 94 valence electrons. The average Bonchev–Trinajstić information content (AvgIpc) is 2.28. The zero-order valence-electron chi connectivity index (χ0n) is 8.84. The van der Waals surface area contributed by atoms with Crippen LogP contribution >= 0.6 is 11.6 Å². The fourth-order valence-electron chi connectivity index (χ4n) is 1.29. The van der Waals surface area contributed by atoms with Crippen LogP contribution in [0.2, 0.25) is 0 Å². The molecule has 0 aliphatic rings. The first-order valence-electron chi connectivity index (χ1n) is 4.71. The predicted octanol–water partition coefficient (Wildman–Crippen LogP) is 3.07. The molecule has 1 heterocycles. The highest BCUT2D eigenvalue weighted by Crippen LogP contribution is 2.28. The quantitative estimate of drug-likeness (QED) is 0.622. The van der Waals surface area contributed by atoms with E-state index in [1.807, 2.05) is 0 Å². The van der Waals surface area contributed by atoms with E-state index in [0.29, 0.717) is 6.20 Å². The zero-order chi connectivity index (χ0) is 13.0. The number of carbonyl (C=O) groups is 1. The van der Waals surface area contributed by atoms with Gasteiger partial charge in [-0.3, -0.25) is 4.98 Å². The minimum absolute atomic E-state index is 0.0141. The maximum Gasteiger partial charge on any atom is 0.340 e. The van der Waals surface area contributed by atoms with Crippen molar-refractivity contribution in [3.8, 4) is 0 Å². The highest BCUT2D eigenvalue weighted by Gasteiger charge is 2.27. The number of hydrogen-bond acceptors (Lipinski definition) is 3. The fraction of sp³-hybridized carbons (Fsp3) is 0.400. The summed E-state index contributed by atoms with van der Waals surface area (Å²) in [4.78, 5) is 15.0. The van der Waals surface area contributed by atoms with Gasteiger partial charge in [0.15, 0.2) is 5.82 Å². The van der Waals surface area contributed by atoms with Gasteiger partial charge in [-0.1, -0.05) is 0 Å². The highest BCUT2D eigenvalue weighted by atomic mass is 35.5. The van der Waals surface area contributed by atoms with Gasteiger partial charge in [0.2, 0.25) is 0 Å². The number of aromatic nitrogens is 1. The molecule has 0 radical (unpaired) electrons. The van der Waals surface area contributed by atoms with Crippen LogP contribution in [0.25, 0.3) is 0 Å². The zero-order valence-corrected chi connectivity index (χ0v) is 9.60. The van der Waals surface area contributed by atoms with Crippen molar-refractivity contribution in [3.05, 3.63) is 28.8 Å². The summed E-state index contributed by atoms with van der Waals surface area (Å²) in [7, 11) is 0. The number of hydrogen-bond donors (Lipinski definition) is 0. The Morgan fingerprint density at radius 3 is 2.71 bits per heavy atom. The molecule has 0 aliphatic heterocycles. The number of alkyl halides is 3. The molecule has 0 saturated carbocycles. The van der Waals surface area contributed by atoms with Crippen LogP contribution in [0.4, 0.5) is 13.2 Å². The van der Waals surface area contributed by atoms with Gasteiger partial charge in [0.25, 0.3) is 6.43 Å². The summed E-state index contributed by atoms with van der Waals surface area (Å²) in [5, 5.41) is 0. The minimum Gasteiger partial charge on any atom is -0.462 e. The Balaban J connectivity index is 3.40. The average molecular weight is 268 g/mol. The van der Waals surface area contributed by atoms with Gasteiger partial charge in [0.1, 0.15) is 0 Å². The first-order chi connectivity index (χ1) is 8.02. The van der Waals surface area contributed by atoms with E-state index in [1.165, 1.54) is 6.92 Å². The van der Waals surface area contributed by atoms with E-state index in [9.17, 15) is 18.0 Å². The number of esters is 1. The molecular formula is C10H9ClF3NO2. The lowest BCUT2D eigenvalue weighted by atomic mass is 10.1. The van der Waals surface area contributed by atoms with Gasteiger partial charge >= 0.3 is 5.97 Å². The number of carbonyl (C=O) groups excluding carboxylic acids is 1. The van der Waals surface area contributed by atoms with Gasteiger partial charge in [0, 0.05) is 0 Å². The molecule has 17 heavy (non-hydrogen) atoms. The molecule has 0 saturated heterocycles. The standard InChI is InChI=1S/C10H9ClF3NO2/c1-2-17-10(16)8-6(3-11)15-4-5(12)7(8)9(13)14/h4,9H,2-3H2,1H3. The number of rotatable bonds is 4. The molecule has 0 atom stereocenters. The Hall–Kier alpha value is -1.30. The second-order valence-corrected chi connectivity index (χ2v) is 3.26. The van der Waals surface area contributed by atoms with Gasteiger partial charge in [-0.15, -0.1) is 11.6 Å². The Bertz CT molecular complexity index is 426. The van der Waals surface area contributed by atoms with Crippen molar-refractivity contribution in [1.82, 2.24) is 4.98 Å². The van der Waals surface area contributed by atoms with Crippen molar-refractivity contribution in [1.29, 1.82) is 0 Å². The van der Waals surface area contributed by atoms with E-state index in [2.05, 4.69) is 9.72 Å². The Kier molecular flexibility index (Phi) is 4.74. The molecular weight excluding hydrogens is 259 g/mol. The molecule has 0 aliphatic carbocycles. The second-order valence-electron chi connectivity index (χ2n) is 3.00. The molecule has 0 spiro atoms. The van der Waals surface area contributed by atoms with Crippen LogP contribution in [0, 0.1) is 5.82 Å². The van der Waals surface area contributed by atoms with E-state index < -0.39 is 29.3 Å². The van der Waals surface area contributed by atoms with E-state index in [1.54, 1.807) is 0 Å². The number of halogens is 4. The lowest BCUT2D eigenvalue weighted by Crippen LogP contribution is -2.14. The van der Waals surface area contributed by atoms with Crippen LogP contribution in [0.1, 0.15) is 35.0 Å². The molecule has 3 nitrogen and oxygen atoms in total. The molecule has 0 bridgehead atoms. The van der Waals surface area contributed by atoms with Gasteiger partial charge in [-0.25, -0.2) is 18.0 Å². The third kappa shape index (κ3) is 2.88. The van der Waals surface area contributed by atoms with Crippen LogP contribution in [0.3, 0.4) is 0 Å². The van der Waals surface area contributed by atoms with Crippen molar-refractivity contribution < 1.29 is 22.7 Å². The van der Waals surface area contributed by atoms with Crippen LogP contribution < -0.4 is 0 Å². The fourth-order valence-corrected chi connectivity index (χ4v) is 1.49. The van der Waals surface area contributed by atoms with Crippen LogP contribution in [0.5, 0.6) is 0 Å². The summed E-state index contributed by atoms with van der Waals surface area (Å²) in [6.45, 7) is 1.49. The normalized spacial score (nSPS) is 10.7. The van der Waals surface area contributed by atoms with Crippen LogP contribution in [0.15, 0.2) is 6.20 Å². The molecule has 0 N–H and O–H groups in total. The summed E-state index contributed by atoms with van der Waals surface area (Å²) in [6.07, 6.45) is -2.53. The Labute approximate surface area is 101 Å². The first-order valence-corrected chi connectivity index (χ1v) is 5.24. The lowest BCUT2D eigenvalue weighted by molar-refractivity contribution is 0.0511. The van der Waals surface area contributed by atoms with Crippen LogP contribution in [-0.2, 0) is 10.6 Å². The summed E-state index contributed by atoms with van der Waals surface area (Å²) in [5.41, 5.74) is -1.73. The molecule has 7 heteroatoms. The van der Waals surface area contributed by atoms with Gasteiger partial charge in [-0.2, -0.15) is 0 Å². The maximum absolute atomic E-state index is 13.2. The Morgan fingerprint density at radius 2 is 2.24 bits per heavy atom. The molecule has 0 fully saturated rings. The SMILES string of the molecule is CCOC(=O)c1c(CCl)ncc(F)c1C(F)F. The molecule has 1 aromatic rings. The van der Waals surface area contributed by atoms with Crippen molar-refractivity contribution in [2.24, 2.45) is 0 Å². The van der Waals surface area contributed by atoms with Crippen molar-refractivity contribution in [2.75, 3.05) is 6.61 Å². The number of pyridine rings is 1. The summed E-state index contributed by atoms with van der Waals surface area (Å²) >= 11 is 5.47. The predicted molar refractivity (Wildman–Crippen MR) is 54.7 cm³/mol. The van der Waals surface area contributed by atoms with E-state index >= 15 is 0 Å². The van der Waals surface area contributed by atoms with Gasteiger partial charge in [-0.05, 0) is 6.92 Å². The monoisotopic (exact) mass is 267 g/mol. The highest BCUT2D eigenvalue weighted by molar-refractivity contribution is 6.17. The molecule has 0 unspecified atom stereocenters. The third-order valence-corrected chi connectivity index (χ3v) is 2.23. The topological polar surface area (TPSA) is 39.2 Å². The summed E-state index contributed by atoms with van der Waals surface area (Å²) in [6, 6.07) is 0. The van der Waals surface area contributed by atoms with Crippen LogP contribution in [-0.4, -0.2) is 17.6 Å². The molecule has 1 aromatic heterocycles. The van der Waals surface area contributed by atoms with E-state index in [-0.39, 0.29) is 18.2 Å². The van der Waals surface area contributed by atoms with Crippen molar-refractivity contribution in [2.45, 2.75) is 19.2 Å². The number of nitrogens with zero attached hydrogens (tertiary/aromatic N) is 1. The van der Waals surface area contributed by atoms with E-state index in [4.69, 9.17) is 11.6 Å². The first kappa shape index (κ1) is 13.8. The Morgan fingerprint density at radius 1 is 1.59 bits per heavy atom. The van der Waals surface area contributed by atoms with Gasteiger partial charge < -0.3 is 4.74 Å². The second kappa shape index (κ2) is 5.86. The third-order valence-electron chi connectivity index (χ3n) is 1.97. The van der Waals surface area contributed by atoms with E-state index in [0.717, 1.165) is 0 Å². The smallest absolute Gasteiger partial charge is 0.340 e. The van der Waals surface area contributed by atoms with Crippen molar-refractivity contribution in [3.63, 3.8) is 0 Å². The summed E-state index contributed by atoms with van der Waals surface area (Å²) in [5.74, 6) is -2.59. The lowest BCUT2D eigenvalue weighted by Gasteiger charge is -2.11. The largest absolute Gasteiger partial charge is 0.462 e. The molecule has 1 rings (SSSR count). The number of ether oxygens (including phenoxy) is 1. The summed E-state index contributed by atoms with van der Waals surface area (Å²) < 4.78 is 43.2.